The monoisotopic (exact) mass is 351 g/mol. The van der Waals surface area contributed by atoms with Gasteiger partial charge in [-0.15, -0.1) is 0 Å². The van der Waals surface area contributed by atoms with E-state index in [0.29, 0.717) is 12.5 Å². The third-order valence-electron chi connectivity index (χ3n) is 5.39. The molecular weight excluding hydrogens is 322 g/mol. The van der Waals surface area contributed by atoms with Gasteiger partial charge in [-0.3, -0.25) is 4.79 Å². The fourth-order valence-electron chi connectivity index (χ4n) is 3.56. The number of hydrogen-bond acceptors (Lipinski definition) is 3. The first-order chi connectivity index (χ1) is 12.7. The molecule has 0 aromatic heterocycles. The third-order valence-corrected chi connectivity index (χ3v) is 5.39. The van der Waals surface area contributed by atoms with E-state index in [0.717, 1.165) is 44.5 Å². The summed E-state index contributed by atoms with van der Waals surface area (Å²) < 4.78 is 5.50. The van der Waals surface area contributed by atoms with E-state index in [1.807, 2.05) is 30.3 Å². The van der Waals surface area contributed by atoms with Crippen LogP contribution in [0.5, 0.6) is 0 Å². The molecule has 3 nitrogen and oxygen atoms in total. The minimum absolute atomic E-state index is 0.0360. The van der Waals surface area contributed by atoms with Crippen molar-refractivity contribution in [3.63, 3.8) is 0 Å². The molecule has 0 saturated carbocycles. The van der Waals surface area contributed by atoms with E-state index in [9.17, 15) is 4.79 Å². The quantitative estimate of drug-likeness (QED) is 0.681. The van der Waals surface area contributed by atoms with Crippen molar-refractivity contribution in [3.8, 4) is 0 Å². The van der Waals surface area contributed by atoms with E-state index in [1.165, 1.54) is 5.56 Å². The predicted molar refractivity (Wildman–Crippen MR) is 105 cm³/mol. The minimum Gasteiger partial charge on any atom is -0.461 e. The van der Waals surface area contributed by atoms with Gasteiger partial charge < -0.3 is 9.64 Å². The van der Waals surface area contributed by atoms with Crippen molar-refractivity contribution in [3.05, 3.63) is 71.8 Å². The molecule has 1 heterocycles. The van der Waals surface area contributed by atoms with Crippen molar-refractivity contribution in [1.82, 2.24) is 4.90 Å². The highest BCUT2D eigenvalue weighted by atomic mass is 16.5. The minimum atomic E-state index is -0.0360. The van der Waals surface area contributed by atoms with Gasteiger partial charge >= 0.3 is 5.97 Å². The van der Waals surface area contributed by atoms with Crippen LogP contribution in [0, 0.1) is 5.92 Å². The van der Waals surface area contributed by atoms with Crippen LogP contribution in [0.25, 0.3) is 0 Å². The molecular formula is C23H29NO2. The van der Waals surface area contributed by atoms with Crippen LogP contribution in [0.3, 0.4) is 0 Å². The van der Waals surface area contributed by atoms with E-state index in [1.54, 1.807) is 0 Å². The number of hydrogen-bond donors (Lipinski definition) is 0. The van der Waals surface area contributed by atoms with Crippen LogP contribution in [0.1, 0.15) is 43.2 Å². The van der Waals surface area contributed by atoms with Gasteiger partial charge in [-0.25, -0.2) is 0 Å². The zero-order valence-electron chi connectivity index (χ0n) is 15.6. The number of piperidine rings is 1. The summed E-state index contributed by atoms with van der Waals surface area (Å²) >= 11 is 0. The Labute approximate surface area is 157 Å². The predicted octanol–water partition coefficient (Wildman–Crippen LogP) is 4.64. The summed E-state index contributed by atoms with van der Waals surface area (Å²) in [4.78, 5) is 14.8. The Hall–Kier alpha value is -2.13. The first-order valence-electron chi connectivity index (χ1n) is 9.70. The summed E-state index contributed by atoms with van der Waals surface area (Å²) in [5.41, 5.74) is 2.46. The second kappa shape index (κ2) is 9.54. The summed E-state index contributed by atoms with van der Waals surface area (Å²) in [5.74, 6) is 0.595. The average molecular weight is 351 g/mol. The Morgan fingerprint density at radius 3 is 2.31 bits per heavy atom. The molecule has 1 atom stereocenters. The van der Waals surface area contributed by atoms with Gasteiger partial charge in [0.1, 0.15) is 6.61 Å². The number of carbonyl (C=O) groups excluding carboxylic acids is 1. The number of carbonyl (C=O) groups is 1. The Balaban J connectivity index is 1.36. The highest BCUT2D eigenvalue weighted by molar-refractivity contribution is 5.72. The lowest BCUT2D eigenvalue weighted by Crippen LogP contribution is -2.37. The Bertz CT molecular complexity index is 663. The van der Waals surface area contributed by atoms with Crippen LogP contribution in [0.15, 0.2) is 60.7 Å². The fraction of sp³-hybridized carbons (Fsp3) is 0.435. The van der Waals surface area contributed by atoms with Crippen LogP contribution in [-0.2, 0) is 16.1 Å². The summed E-state index contributed by atoms with van der Waals surface area (Å²) in [6.45, 7) is 5.76. The number of ether oxygens (including phenoxy) is 1. The standard InChI is InChI=1S/C23H29NO2/c1-19(21-10-6-3-7-11-21)12-15-24-16-13-22(14-17-24)23(25)26-18-20-8-4-2-5-9-20/h2-11,19,22H,12-18H2,1H3. The van der Waals surface area contributed by atoms with Crippen LogP contribution in [0.4, 0.5) is 0 Å². The molecule has 0 amide bonds. The smallest absolute Gasteiger partial charge is 0.309 e. The van der Waals surface area contributed by atoms with Gasteiger partial charge in [0, 0.05) is 0 Å². The van der Waals surface area contributed by atoms with E-state index in [-0.39, 0.29) is 11.9 Å². The maximum absolute atomic E-state index is 12.3. The van der Waals surface area contributed by atoms with E-state index < -0.39 is 0 Å². The highest BCUT2D eigenvalue weighted by Crippen LogP contribution is 2.23. The van der Waals surface area contributed by atoms with Crippen molar-refractivity contribution in [2.24, 2.45) is 5.92 Å². The van der Waals surface area contributed by atoms with Gasteiger partial charge in [0.25, 0.3) is 0 Å². The van der Waals surface area contributed by atoms with Gasteiger partial charge in [0.05, 0.1) is 5.92 Å². The molecule has 1 aliphatic heterocycles. The number of likely N-dealkylation sites (tertiary alicyclic amines) is 1. The van der Waals surface area contributed by atoms with Crippen LogP contribution >= 0.6 is 0 Å². The van der Waals surface area contributed by atoms with Crippen LogP contribution < -0.4 is 0 Å². The molecule has 2 aromatic rings. The molecule has 3 rings (SSSR count). The van der Waals surface area contributed by atoms with Gasteiger partial charge in [0.2, 0.25) is 0 Å². The Kier molecular flexibility index (Phi) is 6.84. The molecule has 0 aliphatic carbocycles. The normalized spacial score (nSPS) is 17.0. The highest BCUT2D eigenvalue weighted by Gasteiger charge is 2.26. The molecule has 3 heteroatoms. The van der Waals surface area contributed by atoms with E-state index in [4.69, 9.17) is 4.74 Å². The molecule has 26 heavy (non-hydrogen) atoms. The van der Waals surface area contributed by atoms with Crippen LogP contribution in [0.2, 0.25) is 0 Å². The van der Waals surface area contributed by atoms with E-state index >= 15 is 0 Å². The van der Waals surface area contributed by atoms with Crippen molar-refractivity contribution in [2.45, 2.75) is 38.7 Å². The van der Waals surface area contributed by atoms with Crippen LogP contribution in [-0.4, -0.2) is 30.5 Å². The van der Waals surface area contributed by atoms with E-state index in [2.05, 4.69) is 42.2 Å². The number of nitrogens with zero attached hydrogens (tertiary/aromatic N) is 1. The zero-order chi connectivity index (χ0) is 18.2. The Morgan fingerprint density at radius 2 is 1.65 bits per heavy atom. The maximum Gasteiger partial charge on any atom is 0.309 e. The number of esters is 1. The molecule has 2 aromatic carbocycles. The van der Waals surface area contributed by atoms with Crippen molar-refractivity contribution in [1.29, 1.82) is 0 Å². The lowest BCUT2D eigenvalue weighted by molar-refractivity contribution is -0.151. The molecule has 138 valence electrons. The summed E-state index contributed by atoms with van der Waals surface area (Å²) in [5, 5.41) is 0. The second-order valence-corrected chi connectivity index (χ2v) is 7.31. The zero-order valence-corrected chi connectivity index (χ0v) is 15.6. The second-order valence-electron chi connectivity index (χ2n) is 7.31. The number of benzene rings is 2. The molecule has 1 fully saturated rings. The lowest BCUT2D eigenvalue weighted by Gasteiger charge is -2.31. The SMILES string of the molecule is CC(CCN1CCC(C(=O)OCc2ccccc2)CC1)c1ccccc1. The molecule has 1 aliphatic rings. The van der Waals surface area contributed by atoms with Crippen molar-refractivity contribution in [2.75, 3.05) is 19.6 Å². The first kappa shape index (κ1) is 18.7. The number of rotatable bonds is 7. The summed E-state index contributed by atoms with van der Waals surface area (Å²) in [6, 6.07) is 20.6. The van der Waals surface area contributed by atoms with Crippen molar-refractivity contribution >= 4 is 5.97 Å². The van der Waals surface area contributed by atoms with Gasteiger partial charge in [-0.2, -0.15) is 0 Å². The lowest BCUT2D eigenvalue weighted by atomic mass is 9.94. The third kappa shape index (κ3) is 5.43. The summed E-state index contributed by atoms with van der Waals surface area (Å²) in [7, 11) is 0. The van der Waals surface area contributed by atoms with Gasteiger partial charge in [-0.1, -0.05) is 67.6 Å². The molecule has 0 N–H and O–H groups in total. The molecule has 1 unspecified atom stereocenters. The summed E-state index contributed by atoms with van der Waals surface area (Å²) in [6.07, 6.45) is 2.98. The Morgan fingerprint density at radius 1 is 1.04 bits per heavy atom. The van der Waals surface area contributed by atoms with Crippen molar-refractivity contribution < 1.29 is 9.53 Å². The average Bonchev–Trinajstić information content (AvgIpc) is 2.72. The van der Waals surface area contributed by atoms with Gasteiger partial charge in [-0.05, 0) is 55.9 Å². The fourth-order valence-corrected chi connectivity index (χ4v) is 3.56. The molecule has 0 radical (unpaired) electrons. The molecule has 0 bridgehead atoms. The molecule has 1 saturated heterocycles. The largest absolute Gasteiger partial charge is 0.461 e. The van der Waals surface area contributed by atoms with Gasteiger partial charge in [0.15, 0.2) is 0 Å². The maximum atomic E-state index is 12.3. The topological polar surface area (TPSA) is 29.5 Å². The molecule has 0 spiro atoms. The first-order valence-corrected chi connectivity index (χ1v) is 9.70.